The van der Waals surface area contributed by atoms with Gasteiger partial charge in [0.05, 0.1) is 0 Å². The molecule has 0 saturated carbocycles. The first-order valence-electron chi connectivity index (χ1n) is 13.1. The normalized spacial score (nSPS) is 12.2. The molecule has 1 amide bonds. The number of anilines is 1. The fourth-order valence-electron chi connectivity index (χ4n) is 4.21. The zero-order chi connectivity index (χ0) is 27.9. The summed E-state index contributed by atoms with van der Waals surface area (Å²) < 4.78 is 5.49. The molecule has 1 atom stereocenters. The second-order valence-corrected chi connectivity index (χ2v) is 10.9. The van der Waals surface area contributed by atoms with Gasteiger partial charge >= 0.3 is 6.09 Å². The van der Waals surface area contributed by atoms with Gasteiger partial charge in [-0.1, -0.05) is 60.7 Å². The van der Waals surface area contributed by atoms with E-state index in [4.69, 9.17) is 4.74 Å². The molecule has 3 aromatic carbocycles. The van der Waals surface area contributed by atoms with Gasteiger partial charge in [-0.25, -0.2) is 4.79 Å². The van der Waals surface area contributed by atoms with Crippen molar-refractivity contribution in [2.45, 2.75) is 58.7 Å². The van der Waals surface area contributed by atoms with Gasteiger partial charge in [-0.05, 0) is 75.4 Å². The van der Waals surface area contributed by atoms with Gasteiger partial charge in [0.15, 0.2) is 6.29 Å². The summed E-state index contributed by atoms with van der Waals surface area (Å²) in [6.45, 7) is 10.5. The molecule has 0 bridgehead atoms. The number of benzene rings is 3. The Morgan fingerprint density at radius 2 is 1.61 bits per heavy atom. The fraction of sp³-hybridized carbons (Fsp3) is 0.375. The molecule has 0 aliphatic rings. The molecular weight excluding hydrogens is 476 g/mol. The van der Waals surface area contributed by atoms with Gasteiger partial charge in [0, 0.05) is 36.4 Å². The summed E-state index contributed by atoms with van der Waals surface area (Å²) in [6, 6.07) is 23.6. The second kappa shape index (κ2) is 12.7. The van der Waals surface area contributed by atoms with E-state index in [0.717, 1.165) is 28.7 Å². The van der Waals surface area contributed by atoms with Crippen LogP contribution in [0.4, 0.5) is 10.5 Å². The Bertz CT molecular complexity index is 1200. The molecule has 0 saturated heterocycles. The molecule has 0 aliphatic carbocycles. The third-order valence-electron chi connectivity index (χ3n) is 6.80. The average molecular weight is 517 g/mol. The van der Waals surface area contributed by atoms with E-state index in [1.165, 1.54) is 0 Å². The minimum absolute atomic E-state index is 0.0962. The number of aliphatic hydroxyl groups is 1. The van der Waals surface area contributed by atoms with Gasteiger partial charge in [-0.15, -0.1) is 0 Å². The van der Waals surface area contributed by atoms with Crippen LogP contribution in [0.1, 0.15) is 62.2 Å². The van der Waals surface area contributed by atoms with Gasteiger partial charge < -0.3 is 19.6 Å². The maximum absolute atomic E-state index is 12.9. The lowest BCUT2D eigenvalue weighted by Gasteiger charge is -2.35. The Hall–Kier alpha value is -3.64. The van der Waals surface area contributed by atoms with Crippen LogP contribution in [-0.2, 0) is 11.2 Å². The summed E-state index contributed by atoms with van der Waals surface area (Å²) in [7, 11) is 1.99. The Morgan fingerprint density at radius 1 is 0.974 bits per heavy atom. The highest BCUT2D eigenvalue weighted by Crippen LogP contribution is 2.28. The molecule has 0 heterocycles. The molecule has 3 aromatic rings. The van der Waals surface area contributed by atoms with Gasteiger partial charge in [-0.2, -0.15) is 0 Å². The molecule has 3 rings (SSSR count). The number of aldehydes is 1. The smallest absolute Gasteiger partial charge is 0.410 e. The maximum atomic E-state index is 12.9. The van der Waals surface area contributed by atoms with Crippen LogP contribution in [0.5, 0.6) is 0 Å². The third kappa shape index (κ3) is 7.45. The summed E-state index contributed by atoms with van der Waals surface area (Å²) in [5, 5.41) is 10.4. The highest BCUT2D eigenvalue weighted by atomic mass is 16.6. The quantitative estimate of drug-likeness (QED) is 0.311. The molecule has 202 valence electrons. The molecule has 0 aliphatic heterocycles. The lowest BCUT2D eigenvalue weighted by Crippen LogP contribution is -2.47. The van der Waals surface area contributed by atoms with Crippen molar-refractivity contribution in [3.63, 3.8) is 0 Å². The zero-order valence-corrected chi connectivity index (χ0v) is 23.3. The molecule has 1 N–H and O–H groups in total. The maximum Gasteiger partial charge on any atom is 0.410 e. The predicted octanol–water partition coefficient (Wildman–Crippen LogP) is 6.52. The number of amides is 1. The standard InChI is InChI=1S/C32H40N2O4/c1-23(2)33(6)29-20-27(16-17-28(29)21-35)25-14-12-24(13-15-25)18-19-34(32(3,4)5)31(37)38-22-30(36)26-10-8-7-9-11-26/h7-17,20-21,23,30,36H,18-19,22H2,1-6H3/t30-/m0/s1. The second-order valence-electron chi connectivity index (χ2n) is 10.9. The first kappa shape index (κ1) is 28.9. The number of rotatable bonds is 10. The first-order chi connectivity index (χ1) is 18.0. The fourth-order valence-corrected chi connectivity index (χ4v) is 4.21. The molecule has 0 aromatic heterocycles. The van der Waals surface area contributed by atoms with Gasteiger partial charge in [0.25, 0.3) is 0 Å². The van der Waals surface area contributed by atoms with E-state index in [-0.39, 0.29) is 12.6 Å². The van der Waals surface area contributed by atoms with E-state index in [9.17, 15) is 14.7 Å². The molecule has 0 spiro atoms. The largest absolute Gasteiger partial charge is 0.446 e. The van der Waals surface area contributed by atoms with Crippen LogP contribution < -0.4 is 4.90 Å². The van der Waals surface area contributed by atoms with E-state index < -0.39 is 17.7 Å². The SMILES string of the molecule is CC(C)N(C)c1cc(-c2ccc(CCN(C(=O)OC[C@H](O)c3ccccc3)C(C)(C)C)cc2)ccc1C=O. The molecule has 6 heteroatoms. The molecule has 0 fully saturated rings. The Balaban J connectivity index is 1.67. The third-order valence-corrected chi connectivity index (χ3v) is 6.80. The number of nitrogens with zero attached hydrogens (tertiary/aromatic N) is 2. The summed E-state index contributed by atoms with van der Waals surface area (Å²) in [5.41, 5.74) is 5.07. The van der Waals surface area contributed by atoms with Crippen molar-refractivity contribution in [3.8, 4) is 11.1 Å². The average Bonchev–Trinajstić information content (AvgIpc) is 2.91. The Labute approximate surface area is 226 Å². The molecule has 0 unspecified atom stereocenters. The van der Waals surface area contributed by atoms with Crippen molar-refractivity contribution in [3.05, 3.63) is 89.5 Å². The summed E-state index contributed by atoms with van der Waals surface area (Å²) in [4.78, 5) is 28.3. The molecule has 0 radical (unpaired) electrons. The Morgan fingerprint density at radius 3 is 2.18 bits per heavy atom. The summed E-state index contributed by atoms with van der Waals surface area (Å²) in [6.07, 6.45) is 0.256. The predicted molar refractivity (Wildman–Crippen MR) is 154 cm³/mol. The number of carbonyl (C=O) groups excluding carboxylic acids is 2. The highest BCUT2D eigenvalue weighted by molar-refractivity contribution is 5.87. The number of aliphatic hydroxyl groups excluding tert-OH is 1. The highest BCUT2D eigenvalue weighted by Gasteiger charge is 2.28. The van der Waals surface area contributed by atoms with Crippen LogP contribution in [0, 0.1) is 0 Å². The van der Waals surface area contributed by atoms with Crippen molar-refractivity contribution >= 4 is 18.1 Å². The van der Waals surface area contributed by atoms with E-state index in [1.807, 2.05) is 70.3 Å². The van der Waals surface area contributed by atoms with Crippen LogP contribution in [0.2, 0.25) is 0 Å². The van der Waals surface area contributed by atoms with Gasteiger partial charge in [0.1, 0.15) is 12.7 Å². The number of ether oxygens (including phenoxy) is 1. The van der Waals surface area contributed by atoms with Gasteiger partial charge in [-0.3, -0.25) is 4.79 Å². The van der Waals surface area contributed by atoms with E-state index >= 15 is 0 Å². The topological polar surface area (TPSA) is 70.1 Å². The minimum atomic E-state index is -0.865. The van der Waals surface area contributed by atoms with E-state index in [1.54, 1.807) is 4.90 Å². The molecule has 38 heavy (non-hydrogen) atoms. The lowest BCUT2D eigenvalue weighted by molar-refractivity contribution is 0.0298. The van der Waals surface area contributed by atoms with Crippen molar-refractivity contribution < 1.29 is 19.4 Å². The summed E-state index contributed by atoms with van der Waals surface area (Å²) >= 11 is 0. The van der Waals surface area contributed by atoms with Gasteiger partial charge in [0.2, 0.25) is 0 Å². The molecular formula is C32H40N2O4. The van der Waals surface area contributed by atoms with E-state index in [2.05, 4.69) is 49.1 Å². The Kier molecular flexibility index (Phi) is 9.70. The van der Waals surface area contributed by atoms with Crippen LogP contribution in [-0.4, -0.2) is 54.2 Å². The number of carbonyl (C=O) groups is 2. The van der Waals surface area contributed by atoms with Crippen molar-refractivity contribution in [1.29, 1.82) is 0 Å². The monoisotopic (exact) mass is 516 g/mol. The zero-order valence-electron chi connectivity index (χ0n) is 23.3. The minimum Gasteiger partial charge on any atom is -0.446 e. The summed E-state index contributed by atoms with van der Waals surface area (Å²) in [5.74, 6) is 0. The van der Waals surface area contributed by atoms with Crippen molar-refractivity contribution in [2.24, 2.45) is 0 Å². The van der Waals surface area contributed by atoms with Crippen molar-refractivity contribution in [2.75, 3.05) is 25.1 Å². The van der Waals surface area contributed by atoms with Crippen LogP contribution in [0.3, 0.4) is 0 Å². The van der Waals surface area contributed by atoms with Crippen LogP contribution in [0.25, 0.3) is 11.1 Å². The number of hydrogen-bond acceptors (Lipinski definition) is 5. The molecule has 6 nitrogen and oxygen atoms in total. The van der Waals surface area contributed by atoms with E-state index in [0.29, 0.717) is 24.1 Å². The van der Waals surface area contributed by atoms with Crippen molar-refractivity contribution in [1.82, 2.24) is 4.90 Å². The number of hydrogen-bond donors (Lipinski definition) is 1. The first-order valence-corrected chi connectivity index (χ1v) is 13.1. The lowest BCUT2D eigenvalue weighted by atomic mass is 9.99. The van der Waals surface area contributed by atoms with Crippen LogP contribution in [0.15, 0.2) is 72.8 Å². The van der Waals surface area contributed by atoms with Crippen LogP contribution >= 0.6 is 0 Å².